The van der Waals surface area contributed by atoms with Crippen LogP contribution in [-0.4, -0.2) is 74.9 Å². The lowest BCUT2D eigenvalue weighted by Crippen LogP contribution is -2.37. The van der Waals surface area contributed by atoms with Crippen molar-refractivity contribution in [1.29, 1.82) is 0 Å². The zero-order chi connectivity index (χ0) is 49.2. The highest BCUT2D eigenvalue weighted by Gasteiger charge is 2.27. The van der Waals surface area contributed by atoms with E-state index in [9.17, 15) is 19.0 Å². The Morgan fingerprint density at radius 3 is 1.27 bits per heavy atom. The fourth-order valence-electron chi connectivity index (χ4n) is 7.26. The summed E-state index contributed by atoms with van der Waals surface area (Å²) in [5, 5.41) is 0. The second-order valence-corrected chi connectivity index (χ2v) is 20.7. The molecule has 0 fully saturated rings. The maximum Gasteiger partial charge on any atom is 0.472 e. The smallest absolute Gasteiger partial charge is 0.462 e. The molecule has 0 saturated heterocycles. The Hall–Kier alpha value is -2.55. The average Bonchev–Trinajstić information content (AvgIpc) is 3.29. The third-order valence-corrected chi connectivity index (χ3v) is 12.5. The summed E-state index contributed by atoms with van der Waals surface area (Å²) < 4.78 is 34.5. The summed E-state index contributed by atoms with van der Waals surface area (Å²) in [5.74, 6) is -0.812. The summed E-state index contributed by atoms with van der Waals surface area (Å²) in [7, 11) is 1.47. The van der Waals surface area contributed by atoms with Crippen molar-refractivity contribution in [3.63, 3.8) is 0 Å². The molecule has 0 aromatic heterocycles. The van der Waals surface area contributed by atoms with Crippen molar-refractivity contribution in [2.24, 2.45) is 0 Å². The van der Waals surface area contributed by atoms with E-state index in [-0.39, 0.29) is 32.0 Å². The first-order chi connectivity index (χ1) is 32.5. The van der Waals surface area contributed by atoms with Gasteiger partial charge in [-0.05, 0) is 77.0 Å². The van der Waals surface area contributed by atoms with E-state index in [1.165, 1.54) is 96.3 Å². The third kappa shape index (κ3) is 52.7. The van der Waals surface area contributed by atoms with Gasteiger partial charge in [-0.1, -0.05) is 209 Å². The molecule has 67 heavy (non-hydrogen) atoms. The van der Waals surface area contributed by atoms with Crippen molar-refractivity contribution in [3.8, 4) is 0 Å². The van der Waals surface area contributed by atoms with Crippen LogP contribution in [0.25, 0.3) is 0 Å². The zero-order valence-corrected chi connectivity index (χ0v) is 44.8. The van der Waals surface area contributed by atoms with E-state index in [1.54, 1.807) is 0 Å². The summed E-state index contributed by atoms with van der Waals surface area (Å²) in [6, 6.07) is 0. The number of carbonyl (C=O) groups excluding carboxylic acids is 2. The Kier molecular flexibility index (Phi) is 46.6. The molecule has 0 saturated carbocycles. The molecule has 0 heterocycles. The molecular formula is C57H103NO8P+. The molecule has 2 atom stereocenters. The second kappa shape index (κ2) is 48.5. The number of quaternary nitrogens is 1. The van der Waals surface area contributed by atoms with E-state index in [0.29, 0.717) is 17.4 Å². The molecule has 0 amide bonds. The Morgan fingerprint density at radius 2 is 0.851 bits per heavy atom. The van der Waals surface area contributed by atoms with Crippen molar-refractivity contribution in [3.05, 3.63) is 72.9 Å². The summed E-state index contributed by atoms with van der Waals surface area (Å²) >= 11 is 0. The molecule has 9 nitrogen and oxygen atoms in total. The van der Waals surface area contributed by atoms with Crippen LogP contribution in [0.2, 0.25) is 0 Å². The van der Waals surface area contributed by atoms with Gasteiger partial charge in [0.05, 0.1) is 27.7 Å². The number of rotatable bonds is 49. The fourth-order valence-corrected chi connectivity index (χ4v) is 8.00. The minimum absolute atomic E-state index is 0.0276. The number of ether oxygens (including phenoxy) is 2. The number of allylic oxidation sites excluding steroid dienone is 12. The topological polar surface area (TPSA) is 108 Å². The van der Waals surface area contributed by atoms with E-state index in [2.05, 4.69) is 86.8 Å². The molecule has 0 radical (unpaired) electrons. The van der Waals surface area contributed by atoms with Crippen LogP contribution < -0.4 is 0 Å². The van der Waals surface area contributed by atoms with E-state index in [4.69, 9.17) is 18.5 Å². The highest BCUT2D eigenvalue weighted by Crippen LogP contribution is 2.43. The predicted molar refractivity (Wildman–Crippen MR) is 284 cm³/mol. The number of hydrogen-bond acceptors (Lipinski definition) is 7. The lowest BCUT2D eigenvalue weighted by atomic mass is 10.0. The van der Waals surface area contributed by atoms with E-state index in [1.807, 2.05) is 21.1 Å². The first kappa shape index (κ1) is 64.5. The van der Waals surface area contributed by atoms with Crippen molar-refractivity contribution in [2.45, 2.75) is 232 Å². The van der Waals surface area contributed by atoms with Crippen molar-refractivity contribution >= 4 is 19.8 Å². The van der Waals surface area contributed by atoms with Gasteiger partial charge in [0.2, 0.25) is 0 Å². The maximum atomic E-state index is 12.8. The first-order valence-corrected chi connectivity index (χ1v) is 28.7. The van der Waals surface area contributed by atoms with Crippen LogP contribution in [-0.2, 0) is 32.7 Å². The summed E-state index contributed by atoms with van der Waals surface area (Å²) in [6.07, 6.45) is 62.5. The van der Waals surface area contributed by atoms with E-state index >= 15 is 0 Å². The van der Waals surface area contributed by atoms with Crippen LogP contribution in [0.4, 0.5) is 0 Å². The predicted octanol–water partition coefficient (Wildman–Crippen LogP) is 16.5. The van der Waals surface area contributed by atoms with Crippen LogP contribution in [0.3, 0.4) is 0 Å². The lowest BCUT2D eigenvalue weighted by Gasteiger charge is -2.24. The molecule has 1 N–H and O–H groups in total. The number of phosphoric ester groups is 1. The number of phosphoric acid groups is 1. The average molecular weight is 961 g/mol. The van der Waals surface area contributed by atoms with Crippen molar-refractivity contribution in [2.75, 3.05) is 47.5 Å². The van der Waals surface area contributed by atoms with Crippen LogP contribution in [0.15, 0.2) is 72.9 Å². The molecule has 0 aromatic rings. The Morgan fingerprint density at radius 1 is 0.478 bits per heavy atom. The second-order valence-electron chi connectivity index (χ2n) is 19.2. The molecule has 10 heteroatoms. The van der Waals surface area contributed by atoms with Crippen LogP contribution in [0.5, 0.6) is 0 Å². The van der Waals surface area contributed by atoms with Gasteiger partial charge in [-0.25, -0.2) is 4.57 Å². The van der Waals surface area contributed by atoms with Gasteiger partial charge < -0.3 is 18.9 Å². The van der Waals surface area contributed by atoms with Gasteiger partial charge in [0, 0.05) is 12.8 Å². The number of carbonyl (C=O) groups is 2. The third-order valence-electron chi connectivity index (χ3n) is 11.5. The molecule has 0 aliphatic heterocycles. The maximum absolute atomic E-state index is 12.8. The van der Waals surface area contributed by atoms with Crippen LogP contribution in [0.1, 0.15) is 226 Å². The van der Waals surface area contributed by atoms with Crippen LogP contribution in [0, 0.1) is 0 Å². The molecule has 0 spiro atoms. The summed E-state index contributed by atoms with van der Waals surface area (Å²) in [6.45, 7) is 4.27. The molecule has 0 aliphatic rings. The zero-order valence-electron chi connectivity index (χ0n) is 43.9. The minimum Gasteiger partial charge on any atom is -0.462 e. The monoisotopic (exact) mass is 961 g/mol. The van der Waals surface area contributed by atoms with Crippen molar-refractivity contribution < 1.29 is 42.1 Å². The SMILES string of the molecule is CC/C=C\C/C=C\C/C=C\C/C=C\CCCCCCCCCCCCCCCCCCC(=O)OC(COC(=O)CCCCCCC/C=C\C/C=C\CCCC)COP(=O)(O)OCC[N+](C)(C)C. The Balaban J connectivity index is 4.12. The number of hydrogen-bond donors (Lipinski definition) is 1. The number of likely N-dealkylation sites (N-methyl/N-ethyl adjacent to an activating group) is 1. The molecule has 0 aromatic carbocycles. The highest BCUT2D eigenvalue weighted by molar-refractivity contribution is 7.47. The van der Waals surface area contributed by atoms with Gasteiger partial charge in [-0.3, -0.25) is 18.6 Å². The quantitative estimate of drug-likeness (QED) is 0.0211. The van der Waals surface area contributed by atoms with Gasteiger partial charge in [-0.15, -0.1) is 0 Å². The minimum atomic E-state index is -4.39. The largest absolute Gasteiger partial charge is 0.472 e. The molecule has 0 rings (SSSR count). The van der Waals surface area contributed by atoms with Crippen LogP contribution >= 0.6 is 7.82 Å². The Labute approximate surface area is 412 Å². The molecule has 2 unspecified atom stereocenters. The van der Waals surface area contributed by atoms with Gasteiger partial charge in [0.1, 0.15) is 19.8 Å². The number of nitrogens with zero attached hydrogens (tertiary/aromatic N) is 1. The first-order valence-electron chi connectivity index (χ1n) is 27.2. The molecule has 388 valence electrons. The van der Waals surface area contributed by atoms with Gasteiger partial charge in [0.25, 0.3) is 0 Å². The summed E-state index contributed by atoms with van der Waals surface area (Å²) in [4.78, 5) is 35.6. The fraction of sp³-hybridized carbons (Fsp3) is 0.754. The normalized spacial score (nSPS) is 13.9. The molecule has 0 aliphatic carbocycles. The van der Waals surface area contributed by atoms with E-state index < -0.39 is 26.5 Å². The van der Waals surface area contributed by atoms with E-state index in [0.717, 1.165) is 96.3 Å². The number of esters is 2. The highest BCUT2D eigenvalue weighted by atomic mass is 31.2. The molecule has 0 bridgehead atoms. The van der Waals surface area contributed by atoms with Gasteiger partial charge in [-0.2, -0.15) is 0 Å². The lowest BCUT2D eigenvalue weighted by molar-refractivity contribution is -0.870. The standard InChI is InChI=1S/C57H102NO8P/c1-6-8-10-12-14-16-18-20-22-23-24-25-26-27-28-29-30-31-32-33-34-35-36-38-40-42-44-46-48-50-57(60)66-55(54-65-67(61,62)64-52-51-58(3,4)5)53-63-56(59)49-47-45-43-41-39-37-21-19-17-15-13-11-9-7-2/h8,10,13-16,19-22,24-25,55H,6-7,9,11-12,17-18,23,26-54H2,1-5H3/p+1/b10-8-,15-13-,16-14-,21-19-,22-20-,25-24-. The Bertz CT molecular complexity index is 1360. The van der Waals surface area contributed by atoms with Gasteiger partial charge in [0.15, 0.2) is 6.10 Å². The molecular weight excluding hydrogens is 858 g/mol. The van der Waals surface area contributed by atoms with Crippen molar-refractivity contribution in [1.82, 2.24) is 0 Å². The number of unbranched alkanes of at least 4 members (excludes halogenated alkanes) is 23. The summed E-state index contributed by atoms with van der Waals surface area (Å²) in [5.41, 5.74) is 0. The van der Waals surface area contributed by atoms with Gasteiger partial charge >= 0.3 is 19.8 Å².